The molecule has 2 rings (SSSR count). The third-order valence-electron chi connectivity index (χ3n) is 3.34. The molecule has 0 bridgehead atoms. The highest BCUT2D eigenvalue weighted by atomic mass is 16.7. The summed E-state index contributed by atoms with van der Waals surface area (Å²) in [5.41, 5.74) is 0.993. The Morgan fingerprint density at radius 1 is 1.40 bits per heavy atom. The number of hydrogen-bond acceptors (Lipinski definition) is 4. The second kappa shape index (κ2) is 6.90. The predicted octanol–water partition coefficient (Wildman–Crippen LogP) is 1.41. The summed E-state index contributed by atoms with van der Waals surface area (Å²) in [6, 6.07) is 11.9. The van der Waals surface area contributed by atoms with Crippen molar-refractivity contribution in [3.8, 4) is 12.5 Å². The molecule has 1 saturated heterocycles. The van der Waals surface area contributed by atoms with Crippen LogP contribution in [0.25, 0.3) is 6.08 Å². The molecular weight excluding hydrogens is 252 g/mol. The van der Waals surface area contributed by atoms with Gasteiger partial charge < -0.3 is 9.74 Å². The Hall–Kier alpha value is -2.09. The Kier molecular flexibility index (Phi) is 4.94. The number of carbonyl (C=O) groups excluding carboxylic acids is 1. The molecule has 0 aromatic heterocycles. The first-order chi connectivity index (χ1) is 9.74. The molecule has 0 saturated carbocycles. The topological polar surface area (TPSA) is 32.8 Å². The molecule has 1 aromatic rings. The van der Waals surface area contributed by atoms with Gasteiger partial charge >= 0.3 is 0 Å². The van der Waals surface area contributed by atoms with Crippen LogP contribution in [-0.4, -0.2) is 48.5 Å². The zero-order chi connectivity index (χ0) is 14.4. The molecule has 0 amide bonds. The summed E-state index contributed by atoms with van der Waals surface area (Å²) in [5, 5.41) is 1.76. The van der Waals surface area contributed by atoms with Gasteiger partial charge in [-0.2, -0.15) is 5.06 Å². The van der Waals surface area contributed by atoms with Gasteiger partial charge in [-0.25, -0.2) is 0 Å². The first-order valence-corrected chi connectivity index (χ1v) is 6.53. The SMILES string of the molecule is C#CN1CCN(OC)CC1C(=O)C=Cc1ccccc1. The fourth-order valence-corrected chi connectivity index (χ4v) is 2.18. The molecule has 4 nitrogen and oxygen atoms in total. The van der Waals surface area contributed by atoms with Crippen molar-refractivity contribution in [2.24, 2.45) is 0 Å². The summed E-state index contributed by atoms with van der Waals surface area (Å²) >= 11 is 0. The lowest BCUT2D eigenvalue weighted by Crippen LogP contribution is -2.53. The molecule has 1 fully saturated rings. The first kappa shape index (κ1) is 14.3. The van der Waals surface area contributed by atoms with Crippen LogP contribution in [0.15, 0.2) is 36.4 Å². The Morgan fingerprint density at radius 2 is 2.15 bits per heavy atom. The second-order valence-corrected chi connectivity index (χ2v) is 4.56. The highest BCUT2D eigenvalue weighted by Crippen LogP contribution is 2.11. The summed E-state index contributed by atoms with van der Waals surface area (Å²) in [4.78, 5) is 19.2. The van der Waals surface area contributed by atoms with E-state index in [4.69, 9.17) is 11.3 Å². The van der Waals surface area contributed by atoms with Crippen molar-refractivity contribution in [3.05, 3.63) is 42.0 Å². The minimum absolute atomic E-state index is 0.00597. The van der Waals surface area contributed by atoms with Gasteiger partial charge in [0.2, 0.25) is 0 Å². The number of nitrogens with zero attached hydrogens (tertiary/aromatic N) is 2. The van der Waals surface area contributed by atoms with Gasteiger partial charge in [0, 0.05) is 19.1 Å². The molecule has 0 spiro atoms. The van der Waals surface area contributed by atoms with Crippen LogP contribution < -0.4 is 0 Å². The van der Waals surface area contributed by atoms with E-state index < -0.39 is 0 Å². The molecule has 20 heavy (non-hydrogen) atoms. The van der Waals surface area contributed by atoms with E-state index >= 15 is 0 Å². The molecular formula is C16H18N2O2. The first-order valence-electron chi connectivity index (χ1n) is 6.53. The van der Waals surface area contributed by atoms with Crippen LogP contribution in [0.2, 0.25) is 0 Å². The fraction of sp³-hybridized carbons (Fsp3) is 0.312. The molecule has 1 unspecified atom stereocenters. The minimum atomic E-state index is -0.353. The maximum Gasteiger partial charge on any atom is 0.180 e. The van der Waals surface area contributed by atoms with Crippen LogP contribution in [0, 0.1) is 12.5 Å². The van der Waals surface area contributed by atoms with Crippen LogP contribution in [-0.2, 0) is 9.63 Å². The monoisotopic (exact) mass is 270 g/mol. The van der Waals surface area contributed by atoms with E-state index in [0.717, 1.165) is 5.56 Å². The normalized spacial score (nSPS) is 20.0. The third kappa shape index (κ3) is 3.47. The summed E-state index contributed by atoms with van der Waals surface area (Å²) in [6.07, 6.45) is 8.86. The number of terminal acetylenes is 1. The molecule has 104 valence electrons. The minimum Gasteiger partial charge on any atom is -0.319 e. The molecule has 1 aliphatic rings. The zero-order valence-corrected chi connectivity index (χ0v) is 11.5. The Labute approximate surface area is 119 Å². The van der Waals surface area contributed by atoms with Crippen molar-refractivity contribution in [2.75, 3.05) is 26.7 Å². The average molecular weight is 270 g/mol. The fourth-order valence-electron chi connectivity index (χ4n) is 2.18. The standard InChI is InChI=1S/C16H18N2O2/c1-3-17-11-12-18(20-2)13-15(17)16(19)10-9-14-7-5-4-6-8-14/h1,4-10,15H,11-13H2,2H3. The Morgan fingerprint density at radius 3 is 2.80 bits per heavy atom. The summed E-state index contributed by atoms with van der Waals surface area (Å²) in [7, 11) is 1.60. The van der Waals surface area contributed by atoms with E-state index in [1.807, 2.05) is 36.4 Å². The lowest BCUT2D eigenvalue weighted by Gasteiger charge is -2.36. The number of piperazine rings is 1. The van der Waals surface area contributed by atoms with Crippen molar-refractivity contribution in [1.29, 1.82) is 0 Å². The smallest absolute Gasteiger partial charge is 0.180 e. The van der Waals surface area contributed by atoms with E-state index in [0.29, 0.717) is 19.6 Å². The predicted molar refractivity (Wildman–Crippen MR) is 78.4 cm³/mol. The highest BCUT2D eigenvalue weighted by molar-refractivity contribution is 5.98. The maximum absolute atomic E-state index is 12.3. The van der Waals surface area contributed by atoms with E-state index in [2.05, 4.69) is 6.04 Å². The number of hydrogen-bond donors (Lipinski definition) is 0. The number of ketones is 1. The molecule has 1 aliphatic heterocycles. The molecule has 1 heterocycles. The van der Waals surface area contributed by atoms with Gasteiger partial charge in [0.25, 0.3) is 0 Å². The summed E-state index contributed by atoms with van der Waals surface area (Å²) in [6.45, 7) is 1.81. The third-order valence-corrected chi connectivity index (χ3v) is 3.34. The van der Waals surface area contributed by atoms with Crippen LogP contribution >= 0.6 is 0 Å². The van der Waals surface area contributed by atoms with Crippen LogP contribution in [0.4, 0.5) is 0 Å². The van der Waals surface area contributed by atoms with Gasteiger partial charge in [-0.15, -0.1) is 0 Å². The summed E-state index contributed by atoms with van der Waals surface area (Å²) in [5.74, 6) is -0.00597. The molecule has 1 atom stereocenters. The Bertz CT molecular complexity index is 519. The van der Waals surface area contributed by atoms with Crippen LogP contribution in [0.3, 0.4) is 0 Å². The van der Waals surface area contributed by atoms with Gasteiger partial charge in [0.1, 0.15) is 6.04 Å². The largest absolute Gasteiger partial charge is 0.319 e. The average Bonchev–Trinajstić information content (AvgIpc) is 2.52. The van der Waals surface area contributed by atoms with Crippen molar-refractivity contribution >= 4 is 11.9 Å². The van der Waals surface area contributed by atoms with E-state index in [-0.39, 0.29) is 11.8 Å². The summed E-state index contributed by atoms with van der Waals surface area (Å²) < 4.78 is 0. The van der Waals surface area contributed by atoms with Crippen molar-refractivity contribution in [1.82, 2.24) is 9.96 Å². The molecule has 0 radical (unpaired) electrons. The molecule has 1 aromatic carbocycles. The van der Waals surface area contributed by atoms with Gasteiger partial charge in [-0.3, -0.25) is 4.79 Å². The van der Waals surface area contributed by atoms with E-state index in [1.165, 1.54) is 0 Å². The lowest BCUT2D eigenvalue weighted by atomic mass is 10.1. The van der Waals surface area contributed by atoms with Crippen LogP contribution in [0.5, 0.6) is 0 Å². The van der Waals surface area contributed by atoms with Gasteiger partial charge in [-0.05, 0) is 11.6 Å². The quantitative estimate of drug-likeness (QED) is 0.612. The van der Waals surface area contributed by atoms with Gasteiger partial charge in [0.05, 0.1) is 13.7 Å². The lowest BCUT2D eigenvalue weighted by molar-refractivity contribution is -0.163. The maximum atomic E-state index is 12.3. The van der Waals surface area contributed by atoms with Crippen molar-refractivity contribution in [3.63, 3.8) is 0 Å². The van der Waals surface area contributed by atoms with Gasteiger partial charge in [0.15, 0.2) is 5.78 Å². The number of hydroxylamine groups is 2. The number of carbonyl (C=O) groups is 1. The van der Waals surface area contributed by atoms with Crippen molar-refractivity contribution in [2.45, 2.75) is 6.04 Å². The van der Waals surface area contributed by atoms with Crippen LogP contribution in [0.1, 0.15) is 5.56 Å². The second-order valence-electron chi connectivity index (χ2n) is 4.56. The highest BCUT2D eigenvalue weighted by Gasteiger charge is 2.29. The number of rotatable bonds is 4. The molecule has 4 heteroatoms. The molecule has 0 aliphatic carbocycles. The Balaban J connectivity index is 2.06. The van der Waals surface area contributed by atoms with Gasteiger partial charge in [-0.1, -0.05) is 42.8 Å². The zero-order valence-electron chi connectivity index (χ0n) is 11.5. The van der Waals surface area contributed by atoms with E-state index in [9.17, 15) is 4.79 Å². The van der Waals surface area contributed by atoms with Crippen molar-refractivity contribution < 1.29 is 9.63 Å². The molecule has 0 N–H and O–H groups in total. The number of benzene rings is 1. The van der Waals surface area contributed by atoms with E-state index in [1.54, 1.807) is 23.1 Å².